The highest BCUT2D eigenvalue weighted by Gasteiger charge is 2.18. The van der Waals surface area contributed by atoms with Crippen molar-refractivity contribution in [3.63, 3.8) is 0 Å². The Morgan fingerprint density at radius 3 is 2.92 bits per heavy atom. The fourth-order valence-electron chi connectivity index (χ4n) is 3.06. The molecule has 1 aliphatic carbocycles. The summed E-state index contributed by atoms with van der Waals surface area (Å²) >= 11 is 1.32. The van der Waals surface area contributed by atoms with Gasteiger partial charge in [0.05, 0.1) is 23.4 Å². The van der Waals surface area contributed by atoms with Crippen LogP contribution < -0.4 is 10.1 Å². The van der Waals surface area contributed by atoms with Gasteiger partial charge in [0.2, 0.25) is 5.91 Å². The van der Waals surface area contributed by atoms with Gasteiger partial charge in [-0.3, -0.25) is 4.79 Å². The summed E-state index contributed by atoms with van der Waals surface area (Å²) in [5.74, 6) is 1.05. The number of hydrogen-bond donors (Lipinski definition) is 1. The number of thioether (sulfide) groups is 1. The highest BCUT2D eigenvalue weighted by Crippen LogP contribution is 2.27. The minimum Gasteiger partial charge on any atom is -0.494 e. The van der Waals surface area contributed by atoms with Gasteiger partial charge >= 0.3 is 0 Å². The maximum absolute atomic E-state index is 12.1. The Kier molecular flexibility index (Phi) is 5.77. The van der Waals surface area contributed by atoms with E-state index >= 15 is 0 Å². The van der Waals surface area contributed by atoms with Gasteiger partial charge in [-0.15, -0.1) is 0 Å². The highest BCUT2D eigenvalue weighted by atomic mass is 32.2. The zero-order chi connectivity index (χ0) is 17.6. The summed E-state index contributed by atoms with van der Waals surface area (Å²) in [6.07, 6.45) is 4.51. The van der Waals surface area contributed by atoms with Crippen LogP contribution in [0.15, 0.2) is 29.3 Å². The second-order valence-corrected chi connectivity index (χ2v) is 7.04. The first kappa shape index (κ1) is 17.6. The minimum atomic E-state index is 0.00869. The van der Waals surface area contributed by atoms with Crippen molar-refractivity contribution in [2.75, 3.05) is 12.4 Å². The monoisotopic (exact) mass is 355 g/mol. The number of ether oxygens (including phenoxy) is 1. The van der Waals surface area contributed by atoms with Crippen LogP contribution in [0.1, 0.15) is 38.2 Å². The summed E-state index contributed by atoms with van der Waals surface area (Å²) in [6, 6.07) is 9.93. The summed E-state index contributed by atoms with van der Waals surface area (Å²) in [7, 11) is 0. The smallest absolute Gasteiger partial charge is 0.230 e. The van der Waals surface area contributed by atoms with Gasteiger partial charge in [-0.2, -0.15) is 5.26 Å². The second kappa shape index (κ2) is 8.21. The topological polar surface area (TPSA) is 75.0 Å². The number of nitrogens with one attached hydrogen (secondary N) is 1. The van der Waals surface area contributed by atoms with Crippen LogP contribution in [0.4, 0.5) is 0 Å². The molecule has 25 heavy (non-hydrogen) atoms. The lowest BCUT2D eigenvalue weighted by Crippen LogP contribution is -2.33. The molecule has 0 radical (unpaired) electrons. The van der Waals surface area contributed by atoms with Gasteiger partial charge in [0.15, 0.2) is 0 Å². The van der Waals surface area contributed by atoms with Crippen molar-refractivity contribution in [2.45, 2.75) is 43.7 Å². The lowest BCUT2D eigenvalue weighted by atomic mass is 10.1. The molecular weight excluding hydrogens is 334 g/mol. The van der Waals surface area contributed by atoms with Gasteiger partial charge < -0.3 is 10.1 Å². The van der Waals surface area contributed by atoms with Gasteiger partial charge in [-0.25, -0.2) is 4.98 Å². The molecule has 0 unspecified atom stereocenters. The van der Waals surface area contributed by atoms with Crippen LogP contribution in [0, 0.1) is 11.3 Å². The van der Waals surface area contributed by atoms with Gasteiger partial charge in [0, 0.05) is 11.4 Å². The molecule has 0 atom stereocenters. The number of pyridine rings is 1. The summed E-state index contributed by atoms with van der Waals surface area (Å²) < 4.78 is 5.49. The van der Waals surface area contributed by atoms with Crippen LogP contribution in [0.5, 0.6) is 5.75 Å². The summed E-state index contributed by atoms with van der Waals surface area (Å²) in [4.78, 5) is 16.6. The molecule has 1 aromatic heterocycles. The quantitative estimate of drug-likeness (QED) is 0.801. The van der Waals surface area contributed by atoms with Crippen molar-refractivity contribution in [3.05, 3.63) is 29.8 Å². The molecule has 6 heteroatoms. The standard InChI is InChI=1S/C19H21N3O2S/c1-2-24-16-7-8-17-13(10-16)9-14(11-20)19(22-17)25-12-18(23)21-15-5-3-4-6-15/h7-10,15H,2-6,12H2,1H3,(H,21,23). The summed E-state index contributed by atoms with van der Waals surface area (Å²) in [5, 5.41) is 13.9. The van der Waals surface area contributed by atoms with Crippen LogP contribution in [-0.4, -0.2) is 29.3 Å². The number of carbonyl (C=O) groups is 1. The summed E-state index contributed by atoms with van der Waals surface area (Å²) in [6.45, 7) is 2.52. The number of benzene rings is 1. The van der Waals surface area contributed by atoms with E-state index in [4.69, 9.17) is 4.74 Å². The zero-order valence-electron chi connectivity index (χ0n) is 14.2. The average Bonchev–Trinajstić information content (AvgIpc) is 3.12. The second-order valence-electron chi connectivity index (χ2n) is 6.08. The highest BCUT2D eigenvalue weighted by molar-refractivity contribution is 8.00. The maximum atomic E-state index is 12.1. The predicted molar refractivity (Wildman–Crippen MR) is 98.7 cm³/mol. The molecule has 0 saturated heterocycles. The molecule has 1 saturated carbocycles. The molecule has 2 aromatic rings. The number of carbonyl (C=O) groups excluding carboxylic acids is 1. The molecule has 0 aliphatic heterocycles. The van der Waals surface area contributed by atoms with Crippen LogP contribution >= 0.6 is 11.8 Å². The fraction of sp³-hybridized carbons (Fsp3) is 0.421. The van der Waals surface area contributed by atoms with Gasteiger partial charge in [0.1, 0.15) is 16.8 Å². The lowest BCUT2D eigenvalue weighted by Gasteiger charge is -2.12. The molecule has 1 fully saturated rings. The van der Waals surface area contributed by atoms with E-state index in [2.05, 4.69) is 16.4 Å². The molecule has 1 amide bonds. The van der Waals surface area contributed by atoms with Crippen LogP contribution in [0.25, 0.3) is 10.9 Å². The Morgan fingerprint density at radius 1 is 1.40 bits per heavy atom. The van der Waals surface area contributed by atoms with E-state index < -0.39 is 0 Å². The first-order valence-corrected chi connectivity index (χ1v) is 9.58. The van der Waals surface area contributed by atoms with Crippen molar-refractivity contribution in [1.82, 2.24) is 10.3 Å². The first-order chi connectivity index (χ1) is 12.2. The Balaban J connectivity index is 1.72. The first-order valence-electron chi connectivity index (χ1n) is 8.59. The van der Waals surface area contributed by atoms with E-state index in [1.807, 2.05) is 31.2 Å². The number of rotatable bonds is 6. The number of hydrogen-bond acceptors (Lipinski definition) is 5. The molecular formula is C19H21N3O2S. The molecule has 1 aromatic carbocycles. The van der Waals surface area contributed by atoms with Crippen molar-refractivity contribution in [1.29, 1.82) is 5.26 Å². The number of fused-ring (bicyclic) bond motifs is 1. The molecule has 1 aliphatic rings. The number of amides is 1. The van der Waals surface area contributed by atoms with Gasteiger partial charge in [-0.05, 0) is 44.0 Å². The zero-order valence-corrected chi connectivity index (χ0v) is 15.1. The lowest BCUT2D eigenvalue weighted by molar-refractivity contribution is -0.119. The molecule has 130 valence electrons. The van der Waals surface area contributed by atoms with Crippen molar-refractivity contribution >= 4 is 28.6 Å². The van der Waals surface area contributed by atoms with Crippen LogP contribution in [0.2, 0.25) is 0 Å². The molecule has 0 bridgehead atoms. The molecule has 0 spiro atoms. The summed E-state index contributed by atoms with van der Waals surface area (Å²) in [5.41, 5.74) is 1.28. The van der Waals surface area contributed by atoms with E-state index in [1.54, 1.807) is 0 Å². The van der Waals surface area contributed by atoms with Crippen molar-refractivity contribution in [3.8, 4) is 11.8 Å². The molecule has 1 N–H and O–H groups in total. The Hall–Kier alpha value is -2.26. The minimum absolute atomic E-state index is 0.00869. The largest absolute Gasteiger partial charge is 0.494 e. The third-order valence-corrected chi connectivity index (χ3v) is 5.23. The number of nitrogens with zero attached hydrogens (tertiary/aromatic N) is 2. The average molecular weight is 355 g/mol. The van der Waals surface area contributed by atoms with E-state index in [9.17, 15) is 10.1 Å². The van der Waals surface area contributed by atoms with Gasteiger partial charge in [0.25, 0.3) is 0 Å². The Bertz CT molecular complexity index is 810. The molecule has 3 rings (SSSR count). The van der Waals surface area contributed by atoms with Crippen molar-refractivity contribution in [2.24, 2.45) is 0 Å². The molecule has 1 heterocycles. The third kappa shape index (κ3) is 4.43. The third-order valence-electron chi connectivity index (χ3n) is 4.24. The van der Waals surface area contributed by atoms with E-state index in [1.165, 1.54) is 24.6 Å². The SMILES string of the molecule is CCOc1ccc2nc(SCC(=O)NC3CCCC3)c(C#N)cc2c1. The number of aromatic nitrogens is 1. The van der Waals surface area contributed by atoms with E-state index in [-0.39, 0.29) is 11.7 Å². The van der Waals surface area contributed by atoms with Gasteiger partial charge in [-0.1, -0.05) is 24.6 Å². The maximum Gasteiger partial charge on any atom is 0.230 e. The van der Waals surface area contributed by atoms with Crippen molar-refractivity contribution < 1.29 is 9.53 Å². The fourth-order valence-corrected chi connectivity index (χ4v) is 3.83. The normalized spacial score (nSPS) is 14.4. The van der Waals surface area contributed by atoms with E-state index in [0.717, 1.165) is 29.5 Å². The Labute approximate surface area is 151 Å². The van der Waals surface area contributed by atoms with Crippen LogP contribution in [-0.2, 0) is 4.79 Å². The molecule has 5 nitrogen and oxygen atoms in total. The predicted octanol–water partition coefficient (Wildman–Crippen LogP) is 3.66. The van der Waals surface area contributed by atoms with E-state index in [0.29, 0.717) is 23.2 Å². The number of nitriles is 1. The Morgan fingerprint density at radius 2 is 2.20 bits per heavy atom. The van der Waals surface area contributed by atoms with Crippen LogP contribution in [0.3, 0.4) is 0 Å².